The molecule has 0 fully saturated rings. The zero-order valence-corrected chi connectivity index (χ0v) is 3.42. The standard InChI is InChI=1S/CH2N3P/c1-2-4-5-3-1/h1,5H. The second-order valence-electron chi connectivity index (χ2n) is 0.560. The van der Waals surface area contributed by atoms with Crippen LogP contribution in [0.1, 0.15) is 0 Å². The zero-order valence-electron chi connectivity index (χ0n) is 2.42. The number of aromatic nitrogens is 3. The molecule has 0 saturated heterocycles. The average Bonchev–Trinajstić information content (AvgIpc) is 1.76. The maximum atomic E-state index is 3.65. The third kappa shape index (κ3) is 0.421. The molecule has 5 heavy (non-hydrogen) atoms. The van der Waals surface area contributed by atoms with Crippen molar-refractivity contribution in [2.75, 3.05) is 0 Å². The molecule has 0 N–H and O–H groups in total. The Kier molecular flexibility index (Phi) is 0.630. The van der Waals surface area contributed by atoms with Crippen LogP contribution in [0.25, 0.3) is 0 Å². The molecule has 1 aromatic rings. The fourth-order valence-electron chi connectivity index (χ4n) is 0.129. The van der Waals surface area contributed by atoms with Crippen LogP contribution < -0.4 is 0 Å². The molecule has 0 saturated carbocycles. The highest BCUT2D eigenvalue weighted by molar-refractivity contribution is 7.20. The lowest BCUT2D eigenvalue weighted by Crippen LogP contribution is -1.51. The molecular weight excluding hydrogens is 85.0 g/mol. The molecule has 1 heterocycles. The smallest absolute Gasteiger partial charge is 0.144 e. The van der Waals surface area contributed by atoms with Crippen molar-refractivity contribution in [2.24, 2.45) is 0 Å². The summed E-state index contributed by atoms with van der Waals surface area (Å²) in [4.78, 5) is 3.51. The van der Waals surface area contributed by atoms with Crippen molar-refractivity contribution in [1.29, 1.82) is 0 Å². The molecule has 0 aliphatic carbocycles. The minimum absolute atomic E-state index is 0.336. The van der Waals surface area contributed by atoms with Gasteiger partial charge in [-0.15, -0.1) is 9.96 Å². The summed E-state index contributed by atoms with van der Waals surface area (Å²) in [5, 5.41) is 3.43. The van der Waals surface area contributed by atoms with E-state index in [1.165, 1.54) is 6.33 Å². The van der Waals surface area contributed by atoms with Gasteiger partial charge in [-0.05, 0) is 0 Å². The van der Waals surface area contributed by atoms with Crippen LogP contribution in [0.4, 0.5) is 0 Å². The van der Waals surface area contributed by atoms with Crippen molar-refractivity contribution in [2.45, 2.75) is 0 Å². The van der Waals surface area contributed by atoms with E-state index in [0.717, 1.165) is 0 Å². The minimum Gasteiger partial charge on any atom is -0.206 e. The second kappa shape index (κ2) is 1.13. The Bertz CT molecular complexity index is 63.4. The molecular formula is CH2N3P. The van der Waals surface area contributed by atoms with Gasteiger partial charge in [0, 0.05) is 0 Å². The van der Waals surface area contributed by atoms with Gasteiger partial charge >= 0.3 is 0 Å². The molecule has 0 aromatic carbocycles. The summed E-state index contributed by atoms with van der Waals surface area (Å²) >= 11 is 0. The van der Waals surface area contributed by atoms with Gasteiger partial charge in [-0.25, -0.2) is 4.75 Å². The quantitative estimate of drug-likeness (QED) is 0.443. The van der Waals surface area contributed by atoms with Crippen molar-refractivity contribution in [3.63, 3.8) is 0 Å². The van der Waals surface area contributed by atoms with E-state index in [0.29, 0.717) is 8.51 Å². The van der Waals surface area contributed by atoms with Crippen LogP contribution >= 0.6 is 8.51 Å². The highest BCUT2D eigenvalue weighted by Gasteiger charge is 1.59. The summed E-state index contributed by atoms with van der Waals surface area (Å²) in [6, 6.07) is 0. The average molecular weight is 87.0 g/mol. The molecule has 1 unspecified atom stereocenters. The third-order valence-corrected chi connectivity index (χ3v) is 0.705. The number of nitrogens with zero attached hydrogens (tertiary/aromatic N) is 3. The summed E-state index contributed by atoms with van der Waals surface area (Å²) in [5.41, 5.74) is 0. The van der Waals surface area contributed by atoms with E-state index in [2.05, 4.69) is 14.7 Å². The summed E-state index contributed by atoms with van der Waals surface area (Å²) in [6.07, 6.45) is 1.46. The largest absolute Gasteiger partial charge is 0.206 e. The van der Waals surface area contributed by atoms with Crippen LogP contribution in [0.15, 0.2) is 6.33 Å². The van der Waals surface area contributed by atoms with Gasteiger partial charge in [0.05, 0.1) is 8.51 Å². The topological polar surface area (TPSA) is 38.7 Å². The monoisotopic (exact) mass is 87.0 g/mol. The Morgan fingerprint density at radius 3 is 2.80 bits per heavy atom. The first-order valence-electron chi connectivity index (χ1n) is 1.16. The lowest BCUT2D eigenvalue weighted by molar-refractivity contribution is 1.14. The van der Waals surface area contributed by atoms with Crippen molar-refractivity contribution in [3.8, 4) is 0 Å². The van der Waals surface area contributed by atoms with Gasteiger partial charge in [0.15, 0.2) is 0 Å². The first-order valence-corrected chi connectivity index (χ1v) is 2.06. The van der Waals surface area contributed by atoms with Crippen LogP contribution in [0, 0.1) is 0 Å². The van der Waals surface area contributed by atoms with Gasteiger partial charge in [-0.1, -0.05) is 0 Å². The van der Waals surface area contributed by atoms with E-state index in [1.54, 1.807) is 0 Å². The fraction of sp³-hybridized carbons (Fsp3) is 0. The molecule has 0 bridgehead atoms. The number of hydrogen-bond acceptors (Lipinski definition) is 3. The van der Waals surface area contributed by atoms with Gasteiger partial charge in [0.25, 0.3) is 0 Å². The van der Waals surface area contributed by atoms with Crippen LogP contribution in [0.5, 0.6) is 0 Å². The summed E-state index contributed by atoms with van der Waals surface area (Å²) < 4.78 is 3.65. The lowest BCUT2D eigenvalue weighted by atomic mass is 11.5. The first-order chi connectivity index (χ1) is 2.50. The third-order valence-electron chi connectivity index (χ3n) is 0.270. The maximum absolute atomic E-state index is 3.65. The fourth-order valence-corrected chi connectivity index (χ4v) is 0.387. The molecule has 0 aliphatic heterocycles. The Balaban J connectivity index is 3.13. The van der Waals surface area contributed by atoms with Crippen molar-refractivity contribution in [1.82, 2.24) is 14.7 Å². The van der Waals surface area contributed by atoms with Crippen molar-refractivity contribution < 1.29 is 0 Å². The van der Waals surface area contributed by atoms with E-state index in [1.807, 2.05) is 0 Å². The first kappa shape index (κ1) is 2.79. The van der Waals surface area contributed by atoms with Gasteiger partial charge in [-0.3, -0.25) is 0 Å². The predicted molar refractivity (Wildman–Crippen MR) is 19.3 cm³/mol. The van der Waals surface area contributed by atoms with Gasteiger partial charge in [0.2, 0.25) is 0 Å². The second-order valence-corrected chi connectivity index (χ2v) is 1.22. The van der Waals surface area contributed by atoms with E-state index in [4.69, 9.17) is 0 Å². The van der Waals surface area contributed by atoms with Crippen LogP contribution in [0.3, 0.4) is 0 Å². The molecule has 1 aromatic heterocycles. The molecule has 0 aliphatic rings. The normalized spacial score (nSPS) is 9.60. The lowest BCUT2D eigenvalue weighted by Gasteiger charge is -1.39. The van der Waals surface area contributed by atoms with E-state index >= 15 is 0 Å². The highest BCUT2D eigenvalue weighted by atomic mass is 31.1. The molecule has 4 heteroatoms. The Morgan fingerprint density at radius 1 is 1.60 bits per heavy atom. The summed E-state index contributed by atoms with van der Waals surface area (Å²) in [5.74, 6) is 0. The minimum atomic E-state index is 0.336. The summed E-state index contributed by atoms with van der Waals surface area (Å²) in [6.45, 7) is 0. The number of hydrogen-bond donors (Lipinski definition) is 0. The molecule has 0 spiro atoms. The molecule has 26 valence electrons. The zero-order chi connectivity index (χ0) is 3.54. The Hall–Kier alpha value is -0.430. The van der Waals surface area contributed by atoms with Gasteiger partial charge in [-0.2, -0.15) is 0 Å². The van der Waals surface area contributed by atoms with E-state index in [9.17, 15) is 0 Å². The molecule has 1 atom stereocenters. The highest BCUT2D eigenvalue weighted by Crippen LogP contribution is 1.78. The number of rotatable bonds is 0. The van der Waals surface area contributed by atoms with Crippen molar-refractivity contribution >= 4 is 8.51 Å². The predicted octanol–water partition coefficient (Wildman–Crippen LogP) is -0.0971. The Labute approximate surface area is 30.7 Å². The van der Waals surface area contributed by atoms with Crippen LogP contribution in [0.2, 0.25) is 0 Å². The molecule has 1 rings (SSSR count). The van der Waals surface area contributed by atoms with Gasteiger partial charge in [0.1, 0.15) is 6.33 Å². The molecule has 3 nitrogen and oxygen atoms in total. The summed E-state index contributed by atoms with van der Waals surface area (Å²) in [7, 11) is 0.336. The Morgan fingerprint density at radius 2 is 2.60 bits per heavy atom. The van der Waals surface area contributed by atoms with Crippen molar-refractivity contribution in [3.05, 3.63) is 6.33 Å². The van der Waals surface area contributed by atoms with Crippen LogP contribution in [-0.2, 0) is 0 Å². The van der Waals surface area contributed by atoms with Crippen LogP contribution in [-0.4, -0.2) is 14.7 Å². The maximum Gasteiger partial charge on any atom is 0.144 e. The molecule has 0 radical (unpaired) electrons. The van der Waals surface area contributed by atoms with Gasteiger partial charge < -0.3 is 0 Å². The van der Waals surface area contributed by atoms with E-state index in [-0.39, 0.29) is 0 Å². The molecule has 0 amide bonds. The SMILES string of the molecule is c1nn[pH]n1. The van der Waals surface area contributed by atoms with E-state index < -0.39 is 0 Å².